The van der Waals surface area contributed by atoms with Gasteiger partial charge in [0.15, 0.2) is 5.84 Å². The number of amidine groups is 2. The summed E-state index contributed by atoms with van der Waals surface area (Å²) in [6.07, 6.45) is -0.334. The van der Waals surface area contributed by atoms with Gasteiger partial charge in [0.25, 0.3) is 0 Å². The largest absolute Gasteiger partial charge is 0.456 e. The summed E-state index contributed by atoms with van der Waals surface area (Å²) in [5, 5.41) is 15.4. The number of thiophene rings is 1. The van der Waals surface area contributed by atoms with Crippen molar-refractivity contribution in [3.8, 4) is 22.3 Å². The third kappa shape index (κ3) is 5.67. The average molecular weight is 810 g/mol. The summed E-state index contributed by atoms with van der Waals surface area (Å²) in [6.45, 7) is 0. The molecule has 1 aliphatic heterocycles. The number of para-hydroxylation sites is 1. The maximum Gasteiger partial charge on any atom is 0.160 e. The molecular formula is C57H35N3OS. The van der Waals surface area contributed by atoms with Crippen molar-refractivity contribution >= 4 is 97.4 Å². The highest BCUT2D eigenvalue weighted by atomic mass is 32.1. The molecule has 1 atom stereocenters. The fraction of sp³-hybridized carbons (Fsp3) is 0.0175. The molecule has 0 radical (unpaired) electrons. The first-order chi connectivity index (χ1) is 30.7. The monoisotopic (exact) mass is 809 g/mol. The van der Waals surface area contributed by atoms with Gasteiger partial charge in [-0.2, -0.15) is 0 Å². The molecule has 1 unspecified atom stereocenters. The molecule has 12 aromatic rings. The van der Waals surface area contributed by atoms with Crippen LogP contribution in [0, 0.1) is 0 Å². The van der Waals surface area contributed by atoms with Crippen LogP contribution in [-0.4, -0.2) is 11.7 Å². The molecule has 0 spiro atoms. The maximum absolute atomic E-state index is 6.44. The molecule has 0 saturated heterocycles. The number of nitrogens with one attached hydrogen (secondary N) is 1. The summed E-state index contributed by atoms with van der Waals surface area (Å²) in [5.41, 5.74) is 9.62. The van der Waals surface area contributed by atoms with E-state index in [1.807, 2.05) is 23.5 Å². The fourth-order valence-electron chi connectivity index (χ4n) is 9.50. The van der Waals surface area contributed by atoms with E-state index in [0.717, 1.165) is 61.0 Å². The molecular weight excluding hydrogens is 775 g/mol. The molecule has 290 valence electrons. The van der Waals surface area contributed by atoms with Crippen LogP contribution >= 0.6 is 11.3 Å². The Kier molecular flexibility index (Phi) is 7.81. The van der Waals surface area contributed by atoms with Gasteiger partial charge in [-0.15, -0.1) is 11.3 Å². The summed E-state index contributed by atoms with van der Waals surface area (Å²) in [6, 6.07) is 71.8. The lowest BCUT2D eigenvalue weighted by Crippen LogP contribution is -2.33. The predicted octanol–water partition coefficient (Wildman–Crippen LogP) is 15.2. The van der Waals surface area contributed by atoms with E-state index in [1.54, 1.807) is 0 Å². The lowest BCUT2D eigenvalue weighted by atomic mass is 9.90. The van der Waals surface area contributed by atoms with Crippen LogP contribution in [0.25, 0.3) is 96.7 Å². The Morgan fingerprint density at radius 2 is 1.18 bits per heavy atom. The van der Waals surface area contributed by atoms with Crippen molar-refractivity contribution in [2.45, 2.75) is 6.17 Å². The number of nitrogens with zero attached hydrogens (tertiary/aromatic N) is 2. The molecule has 2 aromatic heterocycles. The quantitative estimate of drug-likeness (QED) is 0.188. The highest BCUT2D eigenvalue weighted by Crippen LogP contribution is 2.43. The molecule has 0 aliphatic carbocycles. The summed E-state index contributed by atoms with van der Waals surface area (Å²) in [4.78, 5) is 10.7. The van der Waals surface area contributed by atoms with Gasteiger partial charge in [-0.3, -0.25) is 0 Å². The van der Waals surface area contributed by atoms with Gasteiger partial charge in [-0.25, -0.2) is 9.98 Å². The minimum atomic E-state index is -0.334. The van der Waals surface area contributed by atoms with Crippen molar-refractivity contribution in [1.82, 2.24) is 5.32 Å². The van der Waals surface area contributed by atoms with Crippen LogP contribution in [0.5, 0.6) is 0 Å². The number of benzene rings is 10. The second-order valence-electron chi connectivity index (χ2n) is 16.1. The number of rotatable bonds is 5. The van der Waals surface area contributed by atoms with Crippen LogP contribution in [0.3, 0.4) is 0 Å². The molecule has 0 bridgehead atoms. The highest BCUT2D eigenvalue weighted by Gasteiger charge is 2.25. The van der Waals surface area contributed by atoms with Crippen molar-refractivity contribution in [2.75, 3.05) is 0 Å². The molecule has 1 aliphatic rings. The number of aliphatic imine (C=N–C) groups is 2. The summed E-state index contributed by atoms with van der Waals surface area (Å²) < 4.78 is 8.87. The van der Waals surface area contributed by atoms with Gasteiger partial charge in [-0.05, 0) is 109 Å². The second-order valence-corrected chi connectivity index (χ2v) is 17.2. The third-order valence-electron chi connectivity index (χ3n) is 12.5. The zero-order valence-electron chi connectivity index (χ0n) is 33.3. The summed E-state index contributed by atoms with van der Waals surface area (Å²) >= 11 is 1.82. The van der Waals surface area contributed by atoms with Crippen LogP contribution in [-0.2, 0) is 0 Å². The van der Waals surface area contributed by atoms with E-state index in [9.17, 15) is 0 Å². The average Bonchev–Trinajstić information content (AvgIpc) is 3.90. The summed E-state index contributed by atoms with van der Waals surface area (Å²) in [7, 11) is 0. The predicted molar refractivity (Wildman–Crippen MR) is 262 cm³/mol. The smallest absolute Gasteiger partial charge is 0.160 e. The highest BCUT2D eigenvalue weighted by molar-refractivity contribution is 7.25. The van der Waals surface area contributed by atoms with Crippen LogP contribution in [0.1, 0.15) is 22.9 Å². The normalized spacial score (nSPS) is 14.3. The van der Waals surface area contributed by atoms with Gasteiger partial charge in [0.2, 0.25) is 0 Å². The van der Waals surface area contributed by atoms with E-state index in [2.05, 4.69) is 193 Å². The molecule has 62 heavy (non-hydrogen) atoms. The minimum Gasteiger partial charge on any atom is -0.456 e. The van der Waals surface area contributed by atoms with E-state index >= 15 is 0 Å². The zero-order chi connectivity index (χ0) is 40.7. The van der Waals surface area contributed by atoms with Crippen molar-refractivity contribution < 1.29 is 4.42 Å². The zero-order valence-corrected chi connectivity index (χ0v) is 34.2. The number of hydrogen-bond acceptors (Lipinski definition) is 5. The Bertz CT molecular complexity index is 3850. The van der Waals surface area contributed by atoms with Gasteiger partial charge >= 0.3 is 0 Å². The van der Waals surface area contributed by atoms with Gasteiger partial charge in [-0.1, -0.05) is 146 Å². The summed E-state index contributed by atoms with van der Waals surface area (Å²) in [5.74, 6) is 1.52. The van der Waals surface area contributed by atoms with E-state index < -0.39 is 0 Å². The molecule has 3 heterocycles. The Labute approximate surface area is 360 Å². The van der Waals surface area contributed by atoms with Crippen LogP contribution in [0.15, 0.2) is 215 Å². The molecule has 0 amide bonds. The number of furan rings is 1. The van der Waals surface area contributed by atoms with E-state index in [4.69, 9.17) is 14.4 Å². The Hall–Kier alpha value is -7.86. The first-order valence-corrected chi connectivity index (χ1v) is 21.8. The van der Waals surface area contributed by atoms with Crippen LogP contribution in [0.4, 0.5) is 0 Å². The Morgan fingerprint density at radius 1 is 0.419 bits per heavy atom. The molecule has 1 N–H and O–H groups in total. The van der Waals surface area contributed by atoms with Crippen LogP contribution in [0.2, 0.25) is 0 Å². The van der Waals surface area contributed by atoms with Crippen LogP contribution < -0.4 is 5.32 Å². The maximum atomic E-state index is 6.44. The van der Waals surface area contributed by atoms with Gasteiger partial charge < -0.3 is 9.73 Å². The standard InChI is InChI=1S/C57H35N3OS/c1-2-14-36(15-3-1)55-58-56(44-20-10-17-35-13-6-7-18-42(35)44)60-57(59-55)45-21-11-23-53-54(45)49-30-39(26-27-52(49)62-53)46-31-40(38-25-24-34-12-4-5-16-37(34)28-38)29-41-32-51-48(33-47(41)46)43-19-8-9-22-50(43)61-51/h1-33,56H,(H,58,59,60). The Morgan fingerprint density at radius 3 is 2.10 bits per heavy atom. The molecule has 10 aromatic carbocycles. The van der Waals surface area contributed by atoms with Crippen molar-refractivity contribution in [3.05, 3.63) is 217 Å². The number of hydrogen-bond donors (Lipinski definition) is 1. The second kappa shape index (κ2) is 13.8. The molecule has 0 saturated carbocycles. The van der Waals surface area contributed by atoms with E-state index in [0.29, 0.717) is 5.84 Å². The SMILES string of the molecule is c1ccc(C2=NC(c3cccc4sc5ccc(-c6cc(-c7ccc8ccccc8c7)cc7cc8oc9ccccc9c8cc67)cc5c34)=NC(c3cccc4ccccc34)N2)cc1. The molecule has 13 rings (SSSR count). The minimum absolute atomic E-state index is 0.334. The van der Waals surface area contributed by atoms with Gasteiger partial charge in [0.05, 0.1) is 0 Å². The molecule has 0 fully saturated rings. The Balaban J connectivity index is 1.03. The van der Waals surface area contributed by atoms with Crippen molar-refractivity contribution in [1.29, 1.82) is 0 Å². The topological polar surface area (TPSA) is 49.9 Å². The lowest BCUT2D eigenvalue weighted by molar-refractivity contribution is 0.669. The van der Waals surface area contributed by atoms with Crippen molar-refractivity contribution in [3.63, 3.8) is 0 Å². The van der Waals surface area contributed by atoms with Gasteiger partial charge in [0, 0.05) is 47.6 Å². The number of fused-ring (bicyclic) bond motifs is 9. The van der Waals surface area contributed by atoms with E-state index in [-0.39, 0.29) is 6.17 Å². The van der Waals surface area contributed by atoms with Crippen molar-refractivity contribution in [2.24, 2.45) is 9.98 Å². The first-order valence-electron chi connectivity index (χ1n) is 21.0. The van der Waals surface area contributed by atoms with E-state index in [1.165, 1.54) is 58.2 Å². The first kappa shape index (κ1) is 34.9. The third-order valence-corrected chi connectivity index (χ3v) is 13.6. The lowest BCUT2D eigenvalue weighted by Gasteiger charge is -2.25. The molecule has 4 nitrogen and oxygen atoms in total. The molecule has 5 heteroatoms. The fourth-order valence-corrected chi connectivity index (χ4v) is 10.6. The van der Waals surface area contributed by atoms with Gasteiger partial charge in [0.1, 0.15) is 23.2 Å².